The molecule has 1 atom stereocenters. The molecular weight excluding hydrogens is 529 g/mol. The lowest BCUT2D eigenvalue weighted by atomic mass is 9.77. The molecule has 1 aliphatic rings. The Balaban J connectivity index is 1.45. The predicted octanol–water partition coefficient (Wildman–Crippen LogP) is 9.60. The third-order valence-corrected chi connectivity index (χ3v) is 8.14. The zero-order chi connectivity index (χ0) is 29.5. The molecule has 0 radical (unpaired) electrons. The van der Waals surface area contributed by atoms with Crippen LogP contribution in [0.3, 0.4) is 0 Å². The molecule has 1 aromatic heterocycles. The summed E-state index contributed by atoms with van der Waals surface area (Å²) in [4.78, 5) is 11.9. The van der Waals surface area contributed by atoms with Gasteiger partial charge in [0.15, 0.2) is 0 Å². The standard InChI is InChI=1S/C33H47F3N2O3/c1-3-5-7-9-10-12-25-14-16-26(17-15-25)27-18-20-28(21-19-27)29-22-23-31(38-37-29)40-24-30(33(34,35)36)41-32(39)13-11-8-6-4-2/h18-23,25-26,30H,3-17,24H2,1-2H3. The van der Waals surface area contributed by atoms with E-state index in [0.29, 0.717) is 18.0 Å². The molecule has 1 aromatic carbocycles. The van der Waals surface area contributed by atoms with E-state index in [0.717, 1.165) is 30.7 Å². The normalized spacial score (nSPS) is 18.2. The van der Waals surface area contributed by atoms with Crippen LogP contribution >= 0.6 is 0 Å². The van der Waals surface area contributed by atoms with Gasteiger partial charge in [-0.05, 0) is 55.6 Å². The number of ether oxygens (including phenoxy) is 2. The van der Waals surface area contributed by atoms with Crippen LogP contribution in [0, 0.1) is 5.92 Å². The third-order valence-electron chi connectivity index (χ3n) is 8.14. The summed E-state index contributed by atoms with van der Waals surface area (Å²) in [5.41, 5.74) is 2.85. The molecule has 1 heterocycles. The van der Waals surface area contributed by atoms with E-state index in [1.807, 2.05) is 19.1 Å². The molecule has 5 nitrogen and oxygen atoms in total. The Bertz CT molecular complexity index is 1000. The highest BCUT2D eigenvalue weighted by atomic mass is 19.4. The maximum Gasteiger partial charge on any atom is 0.428 e. The minimum atomic E-state index is -4.73. The molecule has 1 unspecified atom stereocenters. The molecule has 8 heteroatoms. The summed E-state index contributed by atoms with van der Waals surface area (Å²) >= 11 is 0. The van der Waals surface area contributed by atoms with Crippen LogP contribution in [-0.2, 0) is 9.53 Å². The predicted molar refractivity (Wildman–Crippen MR) is 156 cm³/mol. The summed E-state index contributed by atoms with van der Waals surface area (Å²) in [5, 5.41) is 8.08. The van der Waals surface area contributed by atoms with Crippen LogP contribution in [0.2, 0.25) is 0 Å². The largest absolute Gasteiger partial charge is 0.472 e. The molecule has 41 heavy (non-hydrogen) atoms. The Morgan fingerprint density at radius 2 is 1.51 bits per heavy atom. The number of hydrogen-bond acceptors (Lipinski definition) is 5. The van der Waals surface area contributed by atoms with Gasteiger partial charge in [-0.1, -0.05) is 95.9 Å². The van der Waals surface area contributed by atoms with Crippen LogP contribution in [0.25, 0.3) is 11.3 Å². The first-order valence-corrected chi connectivity index (χ1v) is 15.6. The summed E-state index contributed by atoms with van der Waals surface area (Å²) in [6.45, 7) is 3.41. The second-order valence-electron chi connectivity index (χ2n) is 11.4. The molecule has 228 valence electrons. The fraction of sp³-hybridized carbons (Fsp3) is 0.667. The number of halogens is 3. The van der Waals surface area contributed by atoms with Gasteiger partial charge in [0.2, 0.25) is 12.0 Å². The van der Waals surface area contributed by atoms with Gasteiger partial charge < -0.3 is 9.47 Å². The second kappa shape index (κ2) is 17.3. The molecular formula is C33H47F3N2O3. The molecule has 3 rings (SSSR count). The maximum atomic E-state index is 13.4. The van der Waals surface area contributed by atoms with Gasteiger partial charge in [0.25, 0.3) is 0 Å². The lowest BCUT2D eigenvalue weighted by Gasteiger charge is -2.29. The van der Waals surface area contributed by atoms with E-state index >= 15 is 0 Å². The van der Waals surface area contributed by atoms with Crippen LogP contribution < -0.4 is 4.74 Å². The molecule has 2 aromatic rings. The number of benzene rings is 1. The van der Waals surface area contributed by atoms with Crippen molar-refractivity contribution in [3.05, 3.63) is 42.0 Å². The number of aromatic nitrogens is 2. The highest BCUT2D eigenvalue weighted by molar-refractivity contribution is 5.69. The van der Waals surface area contributed by atoms with Crippen molar-refractivity contribution in [2.45, 2.75) is 128 Å². The number of unbranched alkanes of at least 4 members (excludes halogenated alkanes) is 7. The Labute approximate surface area is 243 Å². The summed E-state index contributed by atoms with van der Waals surface area (Å²) in [5.74, 6) is 0.537. The van der Waals surface area contributed by atoms with Gasteiger partial charge in [-0.15, -0.1) is 10.2 Å². The van der Waals surface area contributed by atoms with E-state index in [2.05, 4.69) is 34.0 Å². The van der Waals surface area contributed by atoms with Gasteiger partial charge in [0, 0.05) is 18.1 Å². The summed E-state index contributed by atoms with van der Waals surface area (Å²) in [6, 6.07) is 11.5. The van der Waals surface area contributed by atoms with Gasteiger partial charge in [-0.2, -0.15) is 13.2 Å². The van der Waals surface area contributed by atoms with E-state index < -0.39 is 24.9 Å². The highest BCUT2D eigenvalue weighted by Crippen LogP contribution is 2.38. The summed E-state index contributed by atoms with van der Waals surface area (Å²) in [7, 11) is 0. The van der Waals surface area contributed by atoms with Crippen LogP contribution in [0.4, 0.5) is 13.2 Å². The summed E-state index contributed by atoms with van der Waals surface area (Å²) in [6.07, 6.45) is 9.26. The average Bonchev–Trinajstić information content (AvgIpc) is 2.97. The molecule has 0 N–H and O–H groups in total. The lowest BCUT2D eigenvalue weighted by molar-refractivity contribution is -0.227. The fourth-order valence-corrected chi connectivity index (χ4v) is 5.57. The molecule has 0 bridgehead atoms. The monoisotopic (exact) mass is 576 g/mol. The smallest absolute Gasteiger partial charge is 0.428 e. The minimum Gasteiger partial charge on any atom is -0.472 e. The van der Waals surface area contributed by atoms with E-state index in [4.69, 9.17) is 4.74 Å². The van der Waals surface area contributed by atoms with E-state index in [1.54, 1.807) is 6.07 Å². The first-order valence-electron chi connectivity index (χ1n) is 15.6. The SMILES string of the molecule is CCCCCCCC1CCC(c2ccc(-c3ccc(OCC(OC(=O)CCCCCC)C(F)(F)F)nn3)cc2)CC1. The van der Waals surface area contributed by atoms with Crippen LogP contribution in [0.1, 0.15) is 122 Å². The van der Waals surface area contributed by atoms with E-state index in [9.17, 15) is 18.0 Å². The zero-order valence-corrected chi connectivity index (χ0v) is 24.8. The van der Waals surface area contributed by atoms with Crippen molar-refractivity contribution in [3.63, 3.8) is 0 Å². The van der Waals surface area contributed by atoms with E-state index in [1.165, 1.54) is 75.8 Å². The van der Waals surface area contributed by atoms with Crippen molar-refractivity contribution in [1.29, 1.82) is 0 Å². The number of hydrogen-bond donors (Lipinski definition) is 0. The summed E-state index contributed by atoms with van der Waals surface area (Å²) < 4.78 is 50.1. The van der Waals surface area contributed by atoms with Crippen molar-refractivity contribution >= 4 is 5.97 Å². The average molecular weight is 577 g/mol. The Kier molecular flexibility index (Phi) is 13.9. The van der Waals surface area contributed by atoms with Crippen molar-refractivity contribution in [1.82, 2.24) is 10.2 Å². The molecule has 1 saturated carbocycles. The lowest BCUT2D eigenvalue weighted by Crippen LogP contribution is -2.38. The first-order chi connectivity index (χ1) is 19.8. The fourth-order valence-electron chi connectivity index (χ4n) is 5.57. The quantitative estimate of drug-likeness (QED) is 0.139. The topological polar surface area (TPSA) is 61.3 Å². The minimum absolute atomic E-state index is 0.0413. The molecule has 0 amide bonds. The van der Waals surface area contributed by atoms with Crippen molar-refractivity contribution in [2.24, 2.45) is 5.92 Å². The van der Waals surface area contributed by atoms with Crippen molar-refractivity contribution in [3.8, 4) is 17.1 Å². The molecule has 0 saturated heterocycles. The van der Waals surface area contributed by atoms with Crippen LogP contribution in [-0.4, -0.2) is 35.1 Å². The number of carbonyl (C=O) groups is 1. The Morgan fingerprint density at radius 3 is 2.12 bits per heavy atom. The number of alkyl halides is 3. The Morgan fingerprint density at radius 1 is 0.854 bits per heavy atom. The molecule has 0 aliphatic heterocycles. The number of nitrogens with zero attached hydrogens (tertiary/aromatic N) is 2. The van der Waals surface area contributed by atoms with Crippen LogP contribution in [0.5, 0.6) is 5.88 Å². The van der Waals surface area contributed by atoms with Crippen molar-refractivity contribution < 1.29 is 27.4 Å². The Hall–Kier alpha value is -2.64. The van der Waals surface area contributed by atoms with Gasteiger partial charge >= 0.3 is 12.1 Å². The maximum absolute atomic E-state index is 13.4. The molecule has 1 aliphatic carbocycles. The number of carbonyl (C=O) groups excluding carboxylic acids is 1. The molecule has 1 fully saturated rings. The number of rotatable bonds is 17. The third kappa shape index (κ3) is 11.6. The number of esters is 1. The molecule has 0 spiro atoms. The van der Waals surface area contributed by atoms with Crippen LogP contribution in [0.15, 0.2) is 36.4 Å². The zero-order valence-electron chi connectivity index (χ0n) is 24.8. The highest BCUT2D eigenvalue weighted by Gasteiger charge is 2.43. The second-order valence-corrected chi connectivity index (χ2v) is 11.4. The van der Waals surface area contributed by atoms with E-state index in [-0.39, 0.29) is 12.3 Å². The van der Waals surface area contributed by atoms with Gasteiger partial charge in [-0.3, -0.25) is 4.79 Å². The van der Waals surface area contributed by atoms with Gasteiger partial charge in [0.05, 0.1) is 5.69 Å². The van der Waals surface area contributed by atoms with Crippen molar-refractivity contribution in [2.75, 3.05) is 6.61 Å². The first kappa shape index (κ1) is 32.9. The van der Waals surface area contributed by atoms with Gasteiger partial charge in [-0.25, -0.2) is 0 Å². The van der Waals surface area contributed by atoms with Gasteiger partial charge in [0.1, 0.15) is 6.61 Å².